The molecule has 0 radical (unpaired) electrons. The largest absolute Gasteiger partial charge is 0.481 e. The van der Waals surface area contributed by atoms with E-state index in [0.717, 1.165) is 21.6 Å². The maximum Gasteiger partial charge on any atom is 0.304 e. The van der Waals surface area contributed by atoms with Crippen molar-refractivity contribution in [3.05, 3.63) is 95.5 Å². The Morgan fingerprint density at radius 1 is 1.12 bits per heavy atom. The highest BCUT2D eigenvalue weighted by Gasteiger charge is 2.39. The van der Waals surface area contributed by atoms with Crippen molar-refractivity contribution in [2.75, 3.05) is 0 Å². The van der Waals surface area contributed by atoms with Crippen LogP contribution < -0.4 is 5.32 Å². The fourth-order valence-corrected chi connectivity index (χ4v) is 4.90. The van der Waals surface area contributed by atoms with Gasteiger partial charge in [0.15, 0.2) is 0 Å². The van der Waals surface area contributed by atoms with Crippen LogP contribution in [0.4, 0.5) is 4.39 Å². The van der Waals surface area contributed by atoms with Gasteiger partial charge in [-0.2, -0.15) is 0 Å². The fourth-order valence-electron chi connectivity index (χ4n) is 3.94. The molecule has 0 aliphatic heterocycles. The smallest absolute Gasteiger partial charge is 0.304 e. The molecule has 0 saturated heterocycles. The molecule has 0 bridgehead atoms. The van der Waals surface area contributed by atoms with Crippen LogP contribution in [0.25, 0.3) is 20.9 Å². The van der Waals surface area contributed by atoms with Crippen molar-refractivity contribution in [2.24, 2.45) is 0 Å². The number of pyridine rings is 1. The summed E-state index contributed by atoms with van der Waals surface area (Å²) >= 11 is 1.38. The number of carbonyl (C=O) groups is 1. The molecule has 0 saturated carbocycles. The number of aliphatic carboxylic acids is 1. The minimum atomic E-state index is -0.865. The van der Waals surface area contributed by atoms with Gasteiger partial charge in [0, 0.05) is 18.2 Å². The molecule has 1 aliphatic carbocycles. The number of fused-ring (bicyclic) bond motifs is 1. The van der Waals surface area contributed by atoms with Gasteiger partial charge in [-0.1, -0.05) is 59.9 Å². The van der Waals surface area contributed by atoms with Gasteiger partial charge in [-0.3, -0.25) is 4.79 Å². The quantitative estimate of drug-likeness (QED) is 0.350. The number of allylic oxidation sites excluding steroid dienone is 2. The summed E-state index contributed by atoms with van der Waals surface area (Å²) in [4.78, 5) is 21.0. The molecule has 5 nitrogen and oxygen atoms in total. The van der Waals surface area contributed by atoms with Gasteiger partial charge in [0.1, 0.15) is 21.2 Å². The van der Waals surface area contributed by atoms with Crippen molar-refractivity contribution >= 4 is 27.7 Å². The highest BCUT2D eigenvalue weighted by molar-refractivity contribution is 7.21. The van der Waals surface area contributed by atoms with E-state index in [9.17, 15) is 9.18 Å². The van der Waals surface area contributed by atoms with E-state index in [0.29, 0.717) is 17.1 Å². The molecule has 5 rings (SSSR count). The van der Waals surface area contributed by atoms with Crippen molar-refractivity contribution in [1.82, 2.24) is 15.3 Å². The lowest BCUT2D eigenvalue weighted by Crippen LogP contribution is -2.27. The topological polar surface area (TPSA) is 75.1 Å². The second-order valence-electron chi connectivity index (χ2n) is 8.30. The Morgan fingerprint density at radius 2 is 1.91 bits per heavy atom. The Bertz CT molecular complexity index is 1360. The second kappa shape index (κ2) is 8.50. The van der Waals surface area contributed by atoms with Gasteiger partial charge in [-0.15, -0.1) is 0 Å². The van der Waals surface area contributed by atoms with E-state index >= 15 is 0 Å². The highest BCUT2D eigenvalue weighted by Crippen LogP contribution is 2.45. The molecule has 0 fully saturated rings. The van der Waals surface area contributed by atoms with E-state index in [1.807, 2.05) is 36.4 Å². The fraction of sp³-hybridized carbons (Fsp3) is 0.192. The average Bonchev–Trinajstić information content (AvgIpc) is 3.51. The molecular formula is C26H22FN3O2S. The molecule has 4 aromatic rings. The van der Waals surface area contributed by atoms with Crippen LogP contribution in [0.15, 0.2) is 72.8 Å². The zero-order chi connectivity index (χ0) is 23.0. The molecular weight excluding hydrogens is 437 g/mol. The van der Waals surface area contributed by atoms with E-state index in [4.69, 9.17) is 10.1 Å². The number of rotatable bonds is 8. The molecule has 0 amide bonds. The maximum atomic E-state index is 14.9. The summed E-state index contributed by atoms with van der Waals surface area (Å²) in [6.07, 6.45) is 4.30. The molecule has 7 heteroatoms. The number of carboxylic acids is 1. The molecule has 33 heavy (non-hydrogen) atoms. The summed E-state index contributed by atoms with van der Waals surface area (Å²) in [6, 6.07) is 19.0. The predicted molar refractivity (Wildman–Crippen MR) is 128 cm³/mol. The van der Waals surface area contributed by atoms with E-state index < -0.39 is 5.97 Å². The number of aromatic nitrogens is 2. The highest BCUT2D eigenvalue weighted by atomic mass is 32.1. The van der Waals surface area contributed by atoms with E-state index in [-0.39, 0.29) is 23.7 Å². The number of hydrogen-bond donors (Lipinski definition) is 2. The first-order valence-corrected chi connectivity index (χ1v) is 11.5. The summed E-state index contributed by atoms with van der Waals surface area (Å²) in [5.74, 6) is -1.22. The van der Waals surface area contributed by atoms with Crippen LogP contribution in [-0.4, -0.2) is 27.1 Å². The molecule has 166 valence electrons. The third-order valence-corrected chi connectivity index (χ3v) is 6.83. The average molecular weight is 460 g/mol. The summed E-state index contributed by atoms with van der Waals surface area (Å²) in [5, 5.41) is 12.5. The van der Waals surface area contributed by atoms with Crippen LogP contribution in [0.3, 0.4) is 0 Å². The zero-order valence-electron chi connectivity index (χ0n) is 18.0. The number of hydrogen-bond acceptors (Lipinski definition) is 5. The number of thiazole rings is 1. The first-order chi connectivity index (χ1) is 15.9. The van der Waals surface area contributed by atoms with Crippen LogP contribution in [0.2, 0.25) is 0 Å². The molecule has 2 N–H and O–H groups in total. The van der Waals surface area contributed by atoms with Crippen molar-refractivity contribution in [3.63, 3.8) is 0 Å². The van der Waals surface area contributed by atoms with Crippen LogP contribution in [0, 0.1) is 5.82 Å². The number of halogens is 1. The van der Waals surface area contributed by atoms with Crippen LogP contribution >= 0.6 is 11.3 Å². The number of nitrogens with one attached hydrogen (secondary N) is 1. The van der Waals surface area contributed by atoms with Crippen molar-refractivity contribution in [3.8, 4) is 10.6 Å². The van der Waals surface area contributed by atoms with Gasteiger partial charge in [0.2, 0.25) is 0 Å². The lowest BCUT2D eigenvalue weighted by Gasteiger charge is -2.15. The van der Waals surface area contributed by atoms with Gasteiger partial charge in [0.25, 0.3) is 0 Å². The molecule has 2 aromatic heterocycles. The predicted octanol–water partition coefficient (Wildman–Crippen LogP) is 5.31. The normalized spacial score (nSPS) is 15.0. The summed E-state index contributed by atoms with van der Waals surface area (Å²) < 4.78 is 14.9. The first-order valence-electron chi connectivity index (χ1n) is 10.7. The molecule has 0 spiro atoms. The third-order valence-electron chi connectivity index (χ3n) is 5.83. The van der Waals surface area contributed by atoms with E-state index in [1.54, 1.807) is 13.0 Å². The van der Waals surface area contributed by atoms with Crippen molar-refractivity contribution < 1.29 is 14.3 Å². The number of benzene rings is 2. The first kappa shape index (κ1) is 21.4. The maximum absolute atomic E-state index is 14.9. The third kappa shape index (κ3) is 4.29. The van der Waals surface area contributed by atoms with E-state index in [2.05, 4.69) is 34.6 Å². The van der Waals surface area contributed by atoms with Crippen molar-refractivity contribution in [2.45, 2.75) is 31.3 Å². The Morgan fingerprint density at radius 3 is 2.61 bits per heavy atom. The molecule has 2 aromatic carbocycles. The van der Waals surface area contributed by atoms with Gasteiger partial charge >= 0.3 is 5.97 Å². The summed E-state index contributed by atoms with van der Waals surface area (Å²) in [5.41, 5.74) is 3.78. The van der Waals surface area contributed by atoms with Crippen LogP contribution in [-0.2, 0) is 16.8 Å². The number of carboxylic acid groups (broad SMARTS) is 1. The molecule has 0 unspecified atom stereocenters. The monoisotopic (exact) mass is 459 g/mol. The second-order valence-corrected chi connectivity index (χ2v) is 9.28. The molecule has 1 aliphatic rings. The minimum absolute atomic E-state index is 0.0162. The minimum Gasteiger partial charge on any atom is -0.481 e. The van der Waals surface area contributed by atoms with Gasteiger partial charge in [-0.25, -0.2) is 14.4 Å². The van der Waals surface area contributed by atoms with Crippen molar-refractivity contribution in [1.29, 1.82) is 0 Å². The van der Waals surface area contributed by atoms with Crippen LogP contribution in [0.1, 0.15) is 30.2 Å². The molecule has 2 heterocycles. The summed E-state index contributed by atoms with van der Waals surface area (Å²) in [7, 11) is 0. The lowest BCUT2D eigenvalue weighted by molar-refractivity contribution is -0.137. The Balaban J connectivity index is 1.38. The summed E-state index contributed by atoms with van der Waals surface area (Å²) in [6.45, 7) is 2.19. The Labute approximate surface area is 194 Å². The van der Waals surface area contributed by atoms with Gasteiger partial charge in [0.05, 0.1) is 17.5 Å². The number of nitrogens with zero attached hydrogens (tertiary/aromatic N) is 2. The SMILES string of the molecule is C[C@H](CC(=O)O)NCc1ccc(-c2nc3ccc(C4(c5ccccc5)C=C4)nc3s2)c(F)c1. The van der Waals surface area contributed by atoms with Crippen LogP contribution in [0.5, 0.6) is 0 Å². The molecule has 1 atom stereocenters. The van der Waals surface area contributed by atoms with Gasteiger partial charge in [-0.05, 0) is 42.3 Å². The Kier molecular flexibility index (Phi) is 5.52. The Hall–Kier alpha value is -3.42. The standard InChI is InChI=1S/C26H22FN3O2S/c1-16(13-23(31)32)28-15-17-7-8-19(20(27)14-17)24-29-21-9-10-22(30-25(21)33-24)26(11-12-26)18-5-3-2-4-6-18/h2-12,14,16,28H,13,15H2,1H3,(H,31,32)/t16-/m1/s1. The van der Waals surface area contributed by atoms with Gasteiger partial charge < -0.3 is 10.4 Å². The zero-order valence-corrected chi connectivity index (χ0v) is 18.8. The lowest BCUT2D eigenvalue weighted by atomic mass is 9.89. The van der Waals surface area contributed by atoms with E-state index in [1.165, 1.54) is 23.0 Å².